The van der Waals surface area contributed by atoms with E-state index in [2.05, 4.69) is 4.98 Å². The second-order valence-electron chi connectivity index (χ2n) is 7.59. The van der Waals surface area contributed by atoms with Gasteiger partial charge in [-0.1, -0.05) is 18.2 Å². The van der Waals surface area contributed by atoms with E-state index in [0.29, 0.717) is 18.7 Å². The van der Waals surface area contributed by atoms with Crippen molar-refractivity contribution < 1.29 is 29.6 Å². The highest BCUT2D eigenvalue weighted by Crippen LogP contribution is 2.43. The Bertz CT molecular complexity index is 839. The van der Waals surface area contributed by atoms with Gasteiger partial charge in [-0.2, -0.15) is 4.39 Å². The van der Waals surface area contributed by atoms with Gasteiger partial charge >= 0.3 is 0 Å². The lowest BCUT2D eigenvalue weighted by atomic mass is 9.93. The van der Waals surface area contributed by atoms with E-state index in [9.17, 15) is 24.8 Å². The maximum atomic E-state index is 13.4. The molecule has 150 valence electrons. The van der Waals surface area contributed by atoms with Gasteiger partial charge in [0.1, 0.15) is 29.7 Å². The van der Waals surface area contributed by atoms with Gasteiger partial charge in [0.2, 0.25) is 0 Å². The summed E-state index contributed by atoms with van der Waals surface area (Å²) in [4.78, 5) is 5.38. The molecule has 1 aliphatic carbocycles. The molecule has 0 bridgehead atoms. The number of fused-ring (bicyclic) bond motifs is 1. The lowest BCUT2D eigenvalue weighted by Gasteiger charge is -2.29. The normalized spacial score (nSPS) is 30.9. The van der Waals surface area contributed by atoms with E-state index < -0.39 is 35.6 Å². The molecule has 4 N–H and O–H groups in total. The Kier molecular flexibility index (Phi) is 4.96. The van der Waals surface area contributed by atoms with Gasteiger partial charge in [0.05, 0.1) is 5.69 Å². The molecule has 1 aliphatic heterocycles. The number of hydrogen-bond acceptors (Lipinski definition) is 7. The summed E-state index contributed by atoms with van der Waals surface area (Å²) in [5.74, 6) is -1.17. The zero-order valence-electron chi connectivity index (χ0n) is 15.1. The molecule has 2 fully saturated rings. The van der Waals surface area contributed by atoms with Crippen LogP contribution in [0.25, 0.3) is 0 Å². The second kappa shape index (κ2) is 7.29. The van der Waals surface area contributed by atoms with Gasteiger partial charge in [0.15, 0.2) is 5.75 Å². The number of ether oxygens (including phenoxy) is 1. The van der Waals surface area contributed by atoms with Crippen LogP contribution in [-0.2, 0) is 0 Å². The van der Waals surface area contributed by atoms with Crippen LogP contribution in [0.5, 0.6) is 11.5 Å². The van der Waals surface area contributed by atoms with E-state index in [-0.39, 0.29) is 24.7 Å². The largest absolute Gasteiger partial charge is 0.504 e. The number of halogens is 1. The molecule has 7 nitrogen and oxygen atoms in total. The molecule has 28 heavy (non-hydrogen) atoms. The molecule has 1 saturated carbocycles. The van der Waals surface area contributed by atoms with Crippen LogP contribution in [0.15, 0.2) is 42.5 Å². The van der Waals surface area contributed by atoms with Gasteiger partial charge in [-0.25, -0.2) is 4.98 Å². The number of nitrogens with zero attached hydrogens (tertiary/aromatic N) is 2. The van der Waals surface area contributed by atoms with Gasteiger partial charge in [0.25, 0.3) is 5.95 Å². The highest BCUT2D eigenvalue weighted by Gasteiger charge is 2.59. The summed E-state index contributed by atoms with van der Waals surface area (Å²) in [6, 6.07) is 11.7. The van der Waals surface area contributed by atoms with Crippen LogP contribution < -0.4 is 4.74 Å². The standard InChI is InChI=1S/C20H23FN2O5/c21-19-15(24)7-6-14(22-19)16(25)10-23-9-12-8-17(18(26)20(12,27)11-23)28-13-4-2-1-3-5-13/h1-7,12,16-18,24-27H,8-11H2/t12-,16+,17+,18+,20-/m0/s1. The number of aliphatic hydroxyl groups is 3. The van der Waals surface area contributed by atoms with Crippen LogP contribution >= 0.6 is 0 Å². The maximum Gasteiger partial charge on any atom is 0.255 e. The number of pyridine rings is 1. The van der Waals surface area contributed by atoms with Crippen molar-refractivity contribution in [1.29, 1.82) is 0 Å². The minimum Gasteiger partial charge on any atom is -0.504 e. The molecule has 4 rings (SSSR count). The van der Waals surface area contributed by atoms with Crippen molar-refractivity contribution in [2.24, 2.45) is 5.92 Å². The first-order valence-corrected chi connectivity index (χ1v) is 9.25. The van der Waals surface area contributed by atoms with Crippen molar-refractivity contribution >= 4 is 0 Å². The van der Waals surface area contributed by atoms with E-state index in [0.717, 1.165) is 6.07 Å². The molecule has 0 amide bonds. The van der Waals surface area contributed by atoms with Gasteiger partial charge in [-0.05, 0) is 30.7 Å². The predicted octanol–water partition coefficient (Wildman–Crippen LogP) is 0.835. The summed E-state index contributed by atoms with van der Waals surface area (Å²) < 4.78 is 19.2. The smallest absolute Gasteiger partial charge is 0.255 e. The summed E-state index contributed by atoms with van der Waals surface area (Å²) in [6.07, 6.45) is -2.14. The van der Waals surface area contributed by atoms with E-state index >= 15 is 0 Å². The number of hydrogen-bond donors (Lipinski definition) is 4. The number of rotatable bonds is 5. The molecule has 2 aromatic rings. The van der Waals surface area contributed by atoms with Crippen molar-refractivity contribution in [2.45, 2.75) is 30.3 Å². The fourth-order valence-corrected chi connectivity index (χ4v) is 4.26. The molecule has 0 unspecified atom stereocenters. The van der Waals surface area contributed by atoms with Gasteiger partial charge in [0, 0.05) is 25.6 Å². The molecule has 0 spiro atoms. The molecule has 1 aromatic carbocycles. The predicted molar refractivity (Wildman–Crippen MR) is 97.2 cm³/mol. The highest BCUT2D eigenvalue weighted by molar-refractivity contribution is 5.23. The number of β-amino-alcohol motifs (C(OH)–C–C–N with tert-alkyl or cyclic N) is 2. The second-order valence-corrected chi connectivity index (χ2v) is 7.59. The minimum absolute atomic E-state index is 0.102. The Morgan fingerprint density at radius 2 is 2.00 bits per heavy atom. The Morgan fingerprint density at radius 1 is 1.25 bits per heavy atom. The van der Waals surface area contributed by atoms with Gasteiger partial charge in [-0.15, -0.1) is 0 Å². The number of benzene rings is 1. The molecule has 2 heterocycles. The van der Waals surface area contributed by atoms with E-state index in [4.69, 9.17) is 4.74 Å². The van der Waals surface area contributed by atoms with E-state index in [1.807, 2.05) is 23.1 Å². The molecule has 2 aliphatic rings. The fourth-order valence-electron chi connectivity index (χ4n) is 4.26. The molecular weight excluding hydrogens is 367 g/mol. The number of aromatic nitrogens is 1. The number of likely N-dealkylation sites (tertiary alicyclic amines) is 1. The molecule has 5 atom stereocenters. The van der Waals surface area contributed by atoms with Crippen molar-refractivity contribution in [1.82, 2.24) is 9.88 Å². The van der Waals surface area contributed by atoms with Crippen LogP contribution in [0.3, 0.4) is 0 Å². The van der Waals surface area contributed by atoms with Gasteiger partial charge < -0.3 is 25.2 Å². The third kappa shape index (κ3) is 3.44. The summed E-state index contributed by atoms with van der Waals surface area (Å²) in [5.41, 5.74) is -1.22. The van der Waals surface area contributed by atoms with Crippen LogP contribution in [0.1, 0.15) is 18.2 Å². The Hall–Kier alpha value is -2.26. The van der Waals surface area contributed by atoms with E-state index in [1.54, 1.807) is 12.1 Å². The quantitative estimate of drug-likeness (QED) is 0.561. The van der Waals surface area contributed by atoms with Crippen LogP contribution in [0, 0.1) is 11.9 Å². The number of para-hydroxylation sites is 1. The third-order valence-corrected chi connectivity index (χ3v) is 5.70. The average Bonchev–Trinajstić information content (AvgIpc) is 3.10. The topological polar surface area (TPSA) is 106 Å². The van der Waals surface area contributed by atoms with Crippen molar-refractivity contribution in [2.75, 3.05) is 19.6 Å². The van der Waals surface area contributed by atoms with Crippen LogP contribution in [-0.4, -0.2) is 67.8 Å². The molecule has 1 aromatic heterocycles. The maximum absolute atomic E-state index is 13.4. The number of aliphatic hydroxyl groups excluding tert-OH is 2. The zero-order chi connectivity index (χ0) is 19.9. The van der Waals surface area contributed by atoms with Crippen molar-refractivity contribution in [3.05, 3.63) is 54.1 Å². The van der Waals surface area contributed by atoms with Crippen molar-refractivity contribution in [3.8, 4) is 11.5 Å². The molecule has 1 saturated heterocycles. The lowest BCUT2D eigenvalue weighted by molar-refractivity contribution is -0.0876. The Labute approximate surface area is 161 Å². The van der Waals surface area contributed by atoms with Crippen molar-refractivity contribution in [3.63, 3.8) is 0 Å². The van der Waals surface area contributed by atoms with Crippen LogP contribution in [0.4, 0.5) is 4.39 Å². The highest BCUT2D eigenvalue weighted by atomic mass is 19.1. The molecular formula is C20H23FN2O5. The first-order chi connectivity index (χ1) is 13.4. The fraction of sp³-hybridized carbons (Fsp3) is 0.450. The summed E-state index contributed by atoms with van der Waals surface area (Å²) in [6.45, 7) is 0.776. The Balaban J connectivity index is 1.39. The zero-order valence-corrected chi connectivity index (χ0v) is 15.1. The summed E-state index contributed by atoms with van der Waals surface area (Å²) >= 11 is 0. The minimum atomic E-state index is -1.33. The average molecular weight is 390 g/mol. The molecule has 8 heteroatoms. The number of aromatic hydroxyl groups is 1. The summed E-state index contributed by atoms with van der Waals surface area (Å²) in [7, 11) is 0. The van der Waals surface area contributed by atoms with E-state index in [1.165, 1.54) is 6.07 Å². The first-order valence-electron chi connectivity index (χ1n) is 9.25. The van der Waals surface area contributed by atoms with Crippen LogP contribution in [0.2, 0.25) is 0 Å². The van der Waals surface area contributed by atoms with Gasteiger partial charge in [-0.3, -0.25) is 4.90 Å². The first kappa shape index (κ1) is 19.1. The molecule has 0 radical (unpaired) electrons. The third-order valence-electron chi connectivity index (χ3n) is 5.70. The monoisotopic (exact) mass is 390 g/mol. The SMILES string of the molecule is Oc1ccc([C@H](O)CN2C[C@@H]3C[C@@H](Oc4ccccc4)[C@@H](O)[C@]3(O)C2)nc1F. The summed E-state index contributed by atoms with van der Waals surface area (Å²) in [5, 5.41) is 41.2. The Morgan fingerprint density at radius 3 is 2.68 bits per heavy atom. The lowest BCUT2D eigenvalue weighted by Crippen LogP contribution is -2.49.